The average molecular weight is 319 g/mol. The van der Waals surface area contributed by atoms with Gasteiger partial charge >= 0.3 is 0 Å². The molecule has 4 heteroatoms. The maximum absolute atomic E-state index is 6.22. The van der Waals surface area contributed by atoms with Crippen LogP contribution in [-0.4, -0.2) is 38.2 Å². The van der Waals surface area contributed by atoms with Crippen molar-refractivity contribution in [2.75, 3.05) is 33.3 Å². The van der Waals surface area contributed by atoms with Crippen molar-refractivity contribution in [3.8, 4) is 5.75 Å². The van der Waals surface area contributed by atoms with Crippen molar-refractivity contribution < 1.29 is 4.74 Å². The monoisotopic (exact) mass is 318 g/mol. The Morgan fingerprint density at radius 1 is 1.27 bits per heavy atom. The largest absolute Gasteiger partial charge is 0.496 e. The van der Waals surface area contributed by atoms with Gasteiger partial charge in [-0.25, -0.2) is 0 Å². The third-order valence-corrected chi connectivity index (χ3v) is 4.55. The van der Waals surface area contributed by atoms with Gasteiger partial charge in [-0.05, 0) is 42.2 Å². The molecule has 3 rings (SSSR count). The number of hydrogen-bond donors (Lipinski definition) is 1. The first-order valence-electron chi connectivity index (χ1n) is 7.93. The minimum atomic E-state index is 0.915. The third kappa shape index (κ3) is 3.72. The van der Waals surface area contributed by atoms with Crippen LogP contribution in [0.25, 0.3) is 5.57 Å². The van der Waals surface area contributed by atoms with Crippen LogP contribution in [0.2, 0.25) is 0 Å². The topological polar surface area (TPSA) is 24.5 Å². The number of benzene rings is 1. The fourth-order valence-electron chi connectivity index (χ4n) is 3.06. The zero-order valence-electron chi connectivity index (χ0n) is 13.1. The molecule has 0 amide bonds. The van der Waals surface area contributed by atoms with Gasteiger partial charge < -0.3 is 10.1 Å². The molecule has 1 N–H and O–H groups in total. The van der Waals surface area contributed by atoms with Gasteiger partial charge in [0, 0.05) is 43.3 Å². The number of nitrogens with one attached hydrogen (secondary N) is 1. The summed E-state index contributed by atoms with van der Waals surface area (Å²) in [5, 5.41) is 4.32. The molecule has 0 atom stereocenters. The molecule has 1 aliphatic carbocycles. The van der Waals surface area contributed by atoms with E-state index in [0.29, 0.717) is 0 Å². The molecule has 1 aromatic rings. The summed E-state index contributed by atoms with van der Waals surface area (Å²) in [4.78, 5) is 2.49. The van der Waals surface area contributed by atoms with E-state index < -0.39 is 0 Å². The van der Waals surface area contributed by atoms with Gasteiger partial charge in [0.15, 0.2) is 0 Å². The number of rotatable bonds is 4. The Bertz CT molecular complexity index is 589. The molecular formula is C18H23ClN2O. The summed E-state index contributed by atoms with van der Waals surface area (Å²) < 4.78 is 5.54. The lowest BCUT2D eigenvalue weighted by molar-refractivity contribution is 0.233. The Balaban J connectivity index is 1.84. The highest BCUT2D eigenvalue weighted by Crippen LogP contribution is 2.33. The Morgan fingerprint density at radius 3 is 2.82 bits per heavy atom. The first-order chi connectivity index (χ1) is 10.8. The van der Waals surface area contributed by atoms with Gasteiger partial charge in [-0.2, -0.15) is 0 Å². The van der Waals surface area contributed by atoms with Crippen LogP contribution >= 0.6 is 11.6 Å². The van der Waals surface area contributed by atoms with Crippen LogP contribution in [0.1, 0.15) is 24.0 Å². The van der Waals surface area contributed by atoms with Crippen molar-refractivity contribution >= 4 is 17.2 Å². The van der Waals surface area contributed by atoms with E-state index in [9.17, 15) is 0 Å². The summed E-state index contributed by atoms with van der Waals surface area (Å²) in [5.74, 6) is 0.915. The highest BCUT2D eigenvalue weighted by atomic mass is 35.5. The number of ether oxygens (including phenoxy) is 1. The number of methoxy groups -OCH3 is 1. The SMILES string of the molecule is COc1ccc(CN2CCNCC2)cc1C1=CCCC(Cl)=C1. The standard InChI is InChI=1S/C18H23ClN2O/c1-22-18-6-5-14(13-21-9-7-20-8-10-21)11-17(18)15-3-2-4-16(19)12-15/h3,5-6,11-12,20H,2,4,7-10,13H2,1H3. The van der Waals surface area contributed by atoms with E-state index in [1.54, 1.807) is 7.11 Å². The van der Waals surface area contributed by atoms with Gasteiger partial charge in [0.1, 0.15) is 5.75 Å². The van der Waals surface area contributed by atoms with E-state index in [2.05, 4.69) is 40.6 Å². The predicted octanol–water partition coefficient (Wildman–Crippen LogP) is 3.40. The molecule has 1 heterocycles. The van der Waals surface area contributed by atoms with E-state index in [0.717, 1.165) is 61.9 Å². The molecule has 1 aromatic carbocycles. The smallest absolute Gasteiger partial charge is 0.126 e. The van der Waals surface area contributed by atoms with Crippen molar-refractivity contribution in [1.29, 1.82) is 0 Å². The number of nitrogens with zero attached hydrogens (tertiary/aromatic N) is 1. The average Bonchev–Trinajstić information content (AvgIpc) is 2.56. The van der Waals surface area contributed by atoms with Gasteiger partial charge in [0.25, 0.3) is 0 Å². The van der Waals surface area contributed by atoms with Gasteiger partial charge in [-0.1, -0.05) is 23.7 Å². The van der Waals surface area contributed by atoms with Crippen LogP contribution in [0, 0.1) is 0 Å². The van der Waals surface area contributed by atoms with E-state index in [1.807, 2.05) is 0 Å². The van der Waals surface area contributed by atoms with Crippen LogP contribution in [0.5, 0.6) is 5.75 Å². The predicted molar refractivity (Wildman–Crippen MR) is 92.3 cm³/mol. The van der Waals surface area contributed by atoms with Gasteiger partial charge in [0.05, 0.1) is 7.11 Å². The normalized spacial score (nSPS) is 19.5. The summed E-state index contributed by atoms with van der Waals surface area (Å²) in [6.07, 6.45) is 6.25. The number of hydrogen-bond acceptors (Lipinski definition) is 3. The maximum Gasteiger partial charge on any atom is 0.126 e. The summed E-state index contributed by atoms with van der Waals surface area (Å²) in [5.41, 5.74) is 3.65. The molecule has 118 valence electrons. The molecule has 0 unspecified atom stereocenters. The molecule has 0 saturated carbocycles. The second-order valence-electron chi connectivity index (χ2n) is 5.85. The fraction of sp³-hybridized carbons (Fsp3) is 0.444. The van der Waals surface area contributed by atoms with E-state index in [4.69, 9.17) is 16.3 Å². The number of allylic oxidation sites excluding steroid dienone is 4. The lowest BCUT2D eigenvalue weighted by Gasteiger charge is -2.27. The zero-order chi connectivity index (χ0) is 15.4. The Kier molecular flexibility index (Phi) is 5.19. The molecule has 0 aromatic heterocycles. The minimum absolute atomic E-state index is 0.915. The Labute approximate surface area is 137 Å². The lowest BCUT2D eigenvalue weighted by Crippen LogP contribution is -2.42. The van der Waals surface area contributed by atoms with Crippen LogP contribution in [0.4, 0.5) is 0 Å². The van der Waals surface area contributed by atoms with E-state index >= 15 is 0 Å². The van der Waals surface area contributed by atoms with E-state index in [-0.39, 0.29) is 0 Å². The van der Waals surface area contributed by atoms with Crippen molar-refractivity contribution in [2.45, 2.75) is 19.4 Å². The van der Waals surface area contributed by atoms with Crippen LogP contribution < -0.4 is 10.1 Å². The Morgan fingerprint density at radius 2 is 2.09 bits per heavy atom. The summed E-state index contributed by atoms with van der Waals surface area (Å²) >= 11 is 6.22. The first-order valence-corrected chi connectivity index (χ1v) is 8.30. The molecule has 1 aliphatic heterocycles. The maximum atomic E-state index is 6.22. The molecule has 3 nitrogen and oxygen atoms in total. The molecule has 22 heavy (non-hydrogen) atoms. The van der Waals surface area contributed by atoms with Crippen molar-refractivity contribution in [3.05, 3.63) is 46.5 Å². The van der Waals surface area contributed by atoms with Gasteiger partial charge in [0.2, 0.25) is 0 Å². The van der Waals surface area contributed by atoms with Crippen molar-refractivity contribution in [1.82, 2.24) is 10.2 Å². The molecule has 0 spiro atoms. The van der Waals surface area contributed by atoms with Crippen LogP contribution in [0.3, 0.4) is 0 Å². The van der Waals surface area contributed by atoms with E-state index in [1.165, 1.54) is 11.1 Å². The molecule has 1 fully saturated rings. The second kappa shape index (κ2) is 7.32. The Hall–Kier alpha value is -1.29. The zero-order valence-corrected chi connectivity index (χ0v) is 13.8. The molecular weight excluding hydrogens is 296 g/mol. The van der Waals surface area contributed by atoms with Gasteiger partial charge in [-0.3, -0.25) is 4.90 Å². The third-order valence-electron chi connectivity index (χ3n) is 4.25. The summed E-state index contributed by atoms with van der Waals surface area (Å²) in [7, 11) is 1.73. The van der Waals surface area contributed by atoms with Gasteiger partial charge in [-0.15, -0.1) is 0 Å². The molecule has 0 radical (unpaired) electrons. The highest BCUT2D eigenvalue weighted by Gasteiger charge is 2.14. The second-order valence-corrected chi connectivity index (χ2v) is 6.34. The minimum Gasteiger partial charge on any atom is -0.496 e. The van der Waals surface area contributed by atoms with Crippen LogP contribution in [0.15, 0.2) is 35.4 Å². The first kappa shape index (κ1) is 15.6. The number of piperazine rings is 1. The van der Waals surface area contributed by atoms with Crippen molar-refractivity contribution in [2.24, 2.45) is 0 Å². The molecule has 2 aliphatic rings. The fourth-order valence-corrected chi connectivity index (χ4v) is 3.29. The van der Waals surface area contributed by atoms with Crippen molar-refractivity contribution in [3.63, 3.8) is 0 Å². The van der Waals surface area contributed by atoms with Crippen LogP contribution in [-0.2, 0) is 6.54 Å². The summed E-state index contributed by atoms with van der Waals surface area (Å²) in [6, 6.07) is 6.49. The number of halogens is 1. The quantitative estimate of drug-likeness (QED) is 0.921. The molecule has 1 saturated heterocycles. The molecule has 0 bridgehead atoms. The highest BCUT2D eigenvalue weighted by molar-refractivity contribution is 6.30. The summed E-state index contributed by atoms with van der Waals surface area (Å²) in [6.45, 7) is 5.36. The lowest BCUT2D eigenvalue weighted by atomic mass is 9.96.